The third kappa shape index (κ3) is 3.75. The van der Waals surface area contributed by atoms with Gasteiger partial charge in [-0.05, 0) is 38.7 Å². The van der Waals surface area contributed by atoms with Crippen molar-refractivity contribution in [3.8, 4) is 0 Å². The molecule has 2 atom stereocenters. The summed E-state index contributed by atoms with van der Waals surface area (Å²) in [5.41, 5.74) is 1.02. The van der Waals surface area contributed by atoms with Gasteiger partial charge in [-0.15, -0.1) is 0 Å². The van der Waals surface area contributed by atoms with Crippen LogP contribution in [0.2, 0.25) is 0 Å². The Morgan fingerprint density at radius 1 is 1.40 bits per heavy atom. The minimum Gasteiger partial charge on any atom is -0.444 e. The second-order valence-electron chi connectivity index (χ2n) is 6.52. The Kier molecular flexibility index (Phi) is 4.43. The molecule has 0 aromatic heterocycles. The predicted octanol–water partition coefficient (Wildman–Crippen LogP) is 4.08. The third-order valence-corrected chi connectivity index (χ3v) is 4.76. The lowest BCUT2D eigenvalue weighted by Gasteiger charge is -2.21. The molecule has 0 radical (unpaired) electrons. The first-order valence-electron chi connectivity index (χ1n) is 6.94. The molecule has 0 bridgehead atoms. The van der Waals surface area contributed by atoms with Crippen LogP contribution in [0.1, 0.15) is 38.7 Å². The van der Waals surface area contributed by atoms with Gasteiger partial charge in [0.25, 0.3) is 0 Å². The van der Waals surface area contributed by atoms with E-state index < -0.39 is 5.60 Å². The van der Waals surface area contributed by atoms with Crippen molar-refractivity contribution < 1.29 is 9.53 Å². The average Bonchev–Trinajstić information content (AvgIpc) is 3.11. The number of nitrogens with one attached hydrogen (secondary N) is 1. The summed E-state index contributed by atoms with van der Waals surface area (Å²) in [6.45, 7) is 6.26. The lowest BCUT2D eigenvalue weighted by molar-refractivity contribution is 0.0518. The van der Waals surface area contributed by atoms with Gasteiger partial charge in [0.05, 0.1) is 0 Å². The first kappa shape index (κ1) is 15.4. The van der Waals surface area contributed by atoms with E-state index >= 15 is 0 Å². The number of alkyl halides is 1. The first-order valence-corrected chi connectivity index (χ1v) is 8.06. The number of hydrogen-bond acceptors (Lipinski definition) is 2. The van der Waals surface area contributed by atoms with E-state index in [2.05, 4.69) is 45.5 Å². The normalized spacial score (nSPS) is 25.1. The number of amides is 1. The van der Waals surface area contributed by atoms with Gasteiger partial charge in [-0.2, -0.15) is 0 Å². The van der Waals surface area contributed by atoms with Gasteiger partial charge in [0, 0.05) is 17.3 Å². The lowest BCUT2D eigenvalue weighted by atomic mass is 10.0. The van der Waals surface area contributed by atoms with E-state index in [0.29, 0.717) is 12.5 Å². The van der Waals surface area contributed by atoms with Gasteiger partial charge in [-0.1, -0.05) is 46.3 Å². The molecule has 3 nitrogen and oxygen atoms in total. The summed E-state index contributed by atoms with van der Waals surface area (Å²) in [6.07, 6.45) is 0.759. The molecule has 2 rings (SSSR count). The van der Waals surface area contributed by atoms with Gasteiger partial charge < -0.3 is 10.1 Å². The SMILES string of the molecule is CC(C)(C)OC(=O)NCC1(CBr)CC1c1ccccc1. The van der Waals surface area contributed by atoms with E-state index in [1.165, 1.54) is 5.56 Å². The monoisotopic (exact) mass is 339 g/mol. The molecule has 1 aliphatic carbocycles. The summed E-state index contributed by atoms with van der Waals surface area (Å²) in [5, 5.41) is 3.79. The zero-order valence-corrected chi connectivity index (χ0v) is 13.9. The molecule has 0 heterocycles. The van der Waals surface area contributed by atoms with Crippen molar-refractivity contribution in [1.29, 1.82) is 0 Å². The van der Waals surface area contributed by atoms with Crippen LogP contribution < -0.4 is 5.32 Å². The van der Waals surface area contributed by atoms with Gasteiger partial charge in [-0.25, -0.2) is 4.79 Å². The highest BCUT2D eigenvalue weighted by Crippen LogP contribution is 2.59. The molecule has 4 heteroatoms. The summed E-state index contributed by atoms with van der Waals surface area (Å²) >= 11 is 3.59. The maximum Gasteiger partial charge on any atom is 0.407 e. The fourth-order valence-corrected chi connectivity index (χ4v) is 3.27. The smallest absolute Gasteiger partial charge is 0.407 e. The number of carbonyl (C=O) groups excluding carboxylic acids is 1. The summed E-state index contributed by atoms with van der Waals surface area (Å²) in [5.74, 6) is 0.512. The molecule has 1 aromatic carbocycles. The van der Waals surface area contributed by atoms with Crippen molar-refractivity contribution in [2.75, 3.05) is 11.9 Å². The van der Waals surface area contributed by atoms with Gasteiger partial charge >= 0.3 is 6.09 Å². The van der Waals surface area contributed by atoms with Crippen LogP contribution >= 0.6 is 15.9 Å². The van der Waals surface area contributed by atoms with Crippen molar-refractivity contribution in [1.82, 2.24) is 5.32 Å². The molecule has 0 saturated heterocycles. The molecule has 1 aromatic rings. The number of hydrogen-bond donors (Lipinski definition) is 1. The van der Waals surface area contributed by atoms with Crippen LogP contribution in [0.25, 0.3) is 0 Å². The second-order valence-corrected chi connectivity index (χ2v) is 7.08. The molecule has 20 heavy (non-hydrogen) atoms. The van der Waals surface area contributed by atoms with Crippen LogP contribution in [0.5, 0.6) is 0 Å². The number of carbonyl (C=O) groups is 1. The lowest BCUT2D eigenvalue weighted by Crippen LogP contribution is -2.36. The van der Waals surface area contributed by atoms with Crippen molar-refractivity contribution >= 4 is 22.0 Å². The van der Waals surface area contributed by atoms with Gasteiger partial charge in [0.15, 0.2) is 0 Å². The molecule has 2 unspecified atom stereocenters. The summed E-state index contributed by atoms with van der Waals surface area (Å²) in [4.78, 5) is 11.7. The van der Waals surface area contributed by atoms with Gasteiger partial charge in [-0.3, -0.25) is 0 Å². The minimum atomic E-state index is -0.450. The minimum absolute atomic E-state index is 0.123. The second kappa shape index (κ2) is 5.76. The maximum atomic E-state index is 11.7. The van der Waals surface area contributed by atoms with Gasteiger partial charge in [0.1, 0.15) is 5.60 Å². The maximum absolute atomic E-state index is 11.7. The van der Waals surface area contributed by atoms with Crippen LogP contribution in [0.3, 0.4) is 0 Å². The molecule has 0 aliphatic heterocycles. The van der Waals surface area contributed by atoms with Crippen LogP contribution in [-0.4, -0.2) is 23.6 Å². The highest BCUT2D eigenvalue weighted by molar-refractivity contribution is 9.09. The Morgan fingerprint density at radius 2 is 2.05 bits per heavy atom. The van der Waals surface area contributed by atoms with E-state index in [1.54, 1.807) is 0 Å². The third-order valence-electron chi connectivity index (χ3n) is 3.64. The van der Waals surface area contributed by atoms with Crippen LogP contribution in [0.4, 0.5) is 4.79 Å². The van der Waals surface area contributed by atoms with E-state index in [0.717, 1.165) is 11.8 Å². The molecular formula is C16H22BrNO2. The van der Waals surface area contributed by atoms with E-state index in [9.17, 15) is 4.79 Å². The summed E-state index contributed by atoms with van der Waals surface area (Å²) in [7, 11) is 0. The standard InChI is InChI=1S/C16H22BrNO2/c1-15(2,3)20-14(19)18-11-16(10-17)9-13(16)12-7-5-4-6-8-12/h4-8,13H,9-11H2,1-3H3,(H,18,19). The number of halogens is 1. The highest BCUT2D eigenvalue weighted by atomic mass is 79.9. The average molecular weight is 340 g/mol. The summed E-state index contributed by atoms with van der Waals surface area (Å²) < 4.78 is 5.28. The first-order chi connectivity index (χ1) is 9.36. The zero-order chi connectivity index (χ0) is 14.8. The largest absolute Gasteiger partial charge is 0.444 e. The Bertz CT molecular complexity index is 469. The molecule has 1 amide bonds. The highest BCUT2D eigenvalue weighted by Gasteiger charge is 2.53. The summed E-state index contributed by atoms with van der Waals surface area (Å²) in [6, 6.07) is 10.5. The fraction of sp³-hybridized carbons (Fsp3) is 0.562. The number of ether oxygens (including phenoxy) is 1. The fourth-order valence-electron chi connectivity index (χ4n) is 2.46. The molecule has 1 aliphatic rings. The van der Waals surface area contributed by atoms with E-state index in [4.69, 9.17) is 4.74 Å². The molecule has 0 spiro atoms. The topological polar surface area (TPSA) is 38.3 Å². The Morgan fingerprint density at radius 3 is 2.60 bits per heavy atom. The quantitative estimate of drug-likeness (QED) is 0.839. The van der Waals surface area contributed by atoms with Crippen LogP contribution in [0.15, 0.2) is 30.3 Å². The Balaban J connectivity index is 1.90. The number of benzene rings is 1. The molecular weight excluding hydrogens is 318 g/mol. The Hall–Kier alpha value is -1.03. The molecule has 1 fully saturated rings. The van der Waals surface area contributed by atoms with Crippen molar-refractivity contribution in [2.24, 2.45) is 5.41 Å². The van der Waals surface area contributed by atoms with Crippen molar-refractivity contribution in [3.05, 3.63) is 35.9 Å². The Labute approximate surface area is 129 Å². The van der Waals surface area contributed by atoms with Crippen LogP contribution in [0, 0.1) is 5.41 Å². The molecule has 110 valence electrons. The van der Waals surface area contributed by atoms with E-state index in [-0.39, 0.29) is 11.5 Å². The van der Waals surface area contributed by atoms with Crippen molar-refractivity contribution in [2.45, 2.75) is 38.7 Å². The molecule has 1 N–H and O–H groups in total. The van der Waals surface area contributed by atoms with Crippen LogP contribution in [-0.2, 0) is 4.74 Å². The van der Waals surface area contributed by atoms with Crippen molar-refractivity contribution in [3.63, 3.8) is 0 Å². The van der Waals surface area contributed by atoms with Gasteiger partial charge in [0.2, 0.25) is 0 Å². The number of rotatable bonds is 4. The van der Waals surface area contributed by atoms with E-state index in [1.807, 2.05) is 26.8 Å². The predicted molar refractivity (Wildman–Crippen MR) is 84.3 cm³/mol. The molecule has 1 saturated carbocycles. The number of alkyl carbamates (subject to hydrolysis) is 1. The zero-order valence-electron chi connectivity index (χ0n) is 12.3.